The maximum Gasteiger partial charge on any atom is 0.328 e. The number of pyridine rings is 1. The first-order chi connectivity index (χ1) is 10.1. The van der Waals surface area contributed by atoms with E-state index in [1.807, 2.05) is 6.07 Å². The Hall–Kier alpha value is -2.55. The monoisotopic (exact) mass is 303 g/mol. The van der Waals surface area contributed by atoms with Crippen LogP contribution in [0.4, 0.5) is 5.82 Å². The highest BCUT2D eigenvalue weighted by Gasteiger charge is 2.14. The lowest BCUT2D eigenvalue weighted by molar-refractivity contribution is 0.768. The molecule has 8 nitrogen and oxygen atoms in total. The number of H-pyrrole nitrogens is 1. The van der Waals surface area contributed by atoms with Crippen molar-refractivity contribution in [2.24, 2.45) is 0 Å². The average Bonchev–Trinajstić information content (AvgIpc) is 2.77. The van der Waals surface area contributed by atoms with E-state index in [0.717, 1.165) is 5.56 Å². The van der Waals surface area contributed by atoms with Crippen LogP contribution in [0, 0.1) is 4.78 Å². The Balaban J connectivity index is 2.20. The van der Waals surface area contributed by atoms with Gasteiger partial charge in [-0.05, 0) is 28.6 Å². The van der Waals surface area contributed by atoms with Crippen molar-refractivity contribution in [1.82, 2.24) is 24.5 Å². The van der Waals surface area contributed by atoms with Gasteiger partial charge in [-0.15, -0.1) is 0 Å². The molecule has 0 saturated carbocycles. The molecule has 3 aromatic heterocycles. The van der Waals surface area contributed by atoms with Crippen LogP contribution in [-0.4, -0.2) is 30.8 Å². The lowest BCUT2D eigenvalue weighted by Crippen LogP contribution is -2.18. The molecule has 0 bridgehead atoms. The molecule has 3 rings (SSSR count). The van der Waals surface area contributed by atoms with Crippen LogP contribution in [0.15, 0.2) is 34.5 Å². The summed E-state index contributed by atoms with van der Waals surface area (Å²) in [6.45, 7) is 0.331. The van der Waals surface area contributed by atoms with Crippen LogP contribution >= 0.6 is 0 Å². The molecule has 4 N–H and O–H groups in total. The topological polar surface area (TPSA) is 126 Å². The summed E-state index contributed by atoms with van der Waals surface area (Å²) >= 11 is 0. The molecule has 1 atom stereocenters. The Labute approximate surface area is 122 Å². The molecule has 108 valence electrons. The Morgan fingerprint density at radius 2 is 2.29 bits per heavy atom. The Bertz CT molecular complexity index is 884. The summed E-state index contributed by atoms with van der Waals surface area (Å²) in [7, 11) is -0.885. The minimum absolute atomic E-state index is 0.184. The van der Waals surface area contributed by atoms with Crippen LogP contribution in [0.25, 0.3) is 11.2 Å². The molecule has 0 radical (unpaired) electrons. The van der Waals surface area contributed by atoms with E-state index >= 15 is 0 Å². The fraction of sp³-hybridized carbons (Fsp3) is 0.167. The summed E-state index contributed by atoms with van der Waals surface area (Å²) in [6, 6.07) is 3.68. The third kappa shape index (κ3) is 2.42. The van der Waals surface area contributed by atoms with E-state index in [9.17, 15) is 4.79 Å². The van der Waals surface area contributed by atoms with Gasteiger partial charge in [0.25, 0.3) is 0 Å². The Kier molecular flexibility index (Phi) is 3.26. The molecule has 0 aliphatic heterocycles. The number of fused-ring (bicyclic) bond motifs is 1. The quantitative estimate of drug-likeness (QED) is 0.608. The highest BCUT2D eigenvalue weighted by Crippen LogP contribution is 2.16. The predicted octanol–water partition coefficient (Wildman–Crippen LogP) is 0.514. The van der Waals surface area contributed by atoms with Crippen LogP contribution in [0.2, 0.25) is 0 Å². The number of nitrogens with zero attached hydrogens (tertiary/aromatic N) is 4. The van der Waals surface area contributed by atoms with Gasteiger partial charge in [-0.1, -0.05) is 6.07 Å². The molecule has 0 spiro atoms. The molecule has 3 heterocycles. The molecule has 1 unspecified atom stereocenters. The van der Waals surface area contributed by atoms with Gasteiger partial charge >= 0.3 is 5.69 Å². The van der Waals surface area contributed by atoms with Gasteiger partial charge in [0, 0.05) is 12.4 Å². The zero-order valence-electron chi connectivity index (χ0n) is 11.2. The third-order valence-electron chi connectivity index (χ3n) is 2.97. The number of nitrogens with one attached hydrogen (secondary N) is 2. The molecule has 3 aromatic rings. The van der Waals surface area contributed by atoms with Gasteiger partial charge < -0.3 is 10.7 Å². The highest BCUT2D eigenvalue weighted by molar-refractivity contribution is 7.85. The molecule has 0 fully saturated rings. The van der Waals surface area contributed by atoms with Gasteiger partial charge in [-0.2, -0.15) is 0 Å². The van der Waals surface area contributed by atoms with Crippen LogP contribution < -0.4 is 11.4 Å². The normalized spacial score (nSPS) is 12.6. The van der Waals surface area contributed by atoms with Crippen molar-refractivity contribution >= 4 is 27.7 Å². The minimum Gasteiger partial charge on any atom is -0.382 e. The molecule has 9 heteroatoms. The van der Waals surface area contributed by atoms with Gasteiger partial charge in [0.1, 0.15) is 5.52 Å². The van der Waals surface area contributed by atoms with Crippen molar-refractivity contribution in [2.45, 2.75) is 11.7 Å². The zero-order valence-corrected chi connectivity index (χ0v) is 12.0. The standard InChI is InChI=1S/C12H13N7OS/c1-21(14)11-17-9(13)8-10(18-11)19(12(20)16-8)6-7-3-2-4-15-5-7/h2-5,14H,6H2,1H3,(H,16,20)(H2,13,17,18). The van der Waals surface area contributed by atoms with E-state index in [1.54, 1.807) is 24.7 Å². The van der Waals surface area contributed by atoms with Crippen molar-refractivity contribution in [3.63, 3.8) is 0 Å². The van der Waals surface area contributed by atoms with Crippen molar-refractivity contribution < 1.29 is 0 Å². The number of imidazole rings is 1. The third-order valence-corrected chi connectivity index (χ3v) is 3.70. The molecule has 0 aliphatic rings. The van der Waals surface area contributed by atoms with E-state index in [0.29, 0.717) is 22.9 Å². The maximum atomic E-state index is 12.1. The highest BCUT2D eigenvalue weighted by atomic mass is 32.2. The van der Waals surface area contributed by atoms with Crippen molar-refractivity contribution in [1.29, 1.82) is 4.78 Å². The minimum atomic E-state index is -0.885. The first-order valence-electron chi connectivity index (χ1n) is 6.08. The molecule has 0 amide bonds. The van der Waals surface area contributed by atoms with Crippen LogP contribution in [0.5, 0.6) is 0 Å². The molecule has 0 aromatic carbocycles. The Morgan fingerprint density at radius 3 is 2.95 bits per heavy atom. The van der Waals surface area contributed by atoms with E-state index in [2.05, 4.69) is 19.9 Å². The van der Waals surface area contributed by atoms with Gasteiger partial charge in [0.05, 0.1) is 6.54 Å². The Morgan fingerprint density at radius 1 is 1.48 bits per heavy atom. The predicted molar refractivity (Wildman–Crippen MR) is 80.2 cm³/mol. The first kappa shape index (κ1) is 13.4. The molecule has 0 saturated heterocycles. The number of hydrogen-bond acceptors (Lipinski definition) is 6. The average molecular weight is 303 g/mol. The van der Waals surface area contributed by atoms with Gasteiger partial charge in [-0.3, -0.25) is 14.3 Å². The van der Waals surface area contributed by atoms with Gasteiger partial charge in [-0.25, -0.2) is 14.8 Å². The fourth-order valence-electron chi connectivity index (χ4n) is 1.99. The largest absolute Gasteiger partial charge is 0.382 e. The van der Waals surface area contributed by atoms with Crippen LogP contribution in [-0.2, 0) is 17.2 Å². The number of aromatic nitrogens is 5. The SMILES string of the molecule is CS(=N)c1nc(N)c2[nH]c(=O)n(Cc3cccnc3)c2n1. The number of nitrogens with two attached hydrogens (primary N) is 1. The van der Waals surface area contributed by atoms with Crippen LogP contribution in [0.1, 0.15) is 5.56 Å². The summed E-state index contributed by atoms with van der Waals surface area (Å²) in [5.41, 5.74) is 7.22. The summed E-state index contributed by atoms with van der Waals surface area (Å²) in [5.74, 6) is 0.184. The molecular formula is C12H13N7OS. The summed E-state index contributed by atoms with van der Waals surface area (Å²) in [4.78, 5) is 27.1. The van der Waals surface area contributed by atoms with Gasteiger partial charge in [0.15, 0.2) is 11.5 Å². The summed E-state index contributed by atoms with van der Waals surface area (Å²) in [6.07, 6.45) is 5.03. The van der Waals surface area contributed by atoms with E-state index in [4.69, 9.17) is 10.5 Å². The number of hydrogen-bond donors (Lipinski definition) is 3. The number of aromatic amines is 1. The number of rotatable bonds is 3. The lowest BCUT2D eigenvalue weighted by atomic mass is 10.3. The first-order valence-corrected chi connectivity index (χ1v) is 7.71. The molecule has 21 heavy (non-hydrogen) atoms. The second-order valence-electron chi connectivity index (χ2n) is 4.48. The van der Waals surface area contributed by atoms with Gasteiger partial charge in [0.2, 0.25) is 5.16 Å². The molecule has 0 aliphatic carbocycles. The van der Waals surface area contributed by atoms with Crippen LogP contribution in [0.3, 0.4) is 0 Å². The maximum absolute atomic E-state index is 12.1. The summed E-state index contributed by atoms with van der Waals surface area (Å²) < 4.78 is 9.20. The fourth-order valence-corrected chi connectivity index (χ4v) is 2.45. The smallest absolute Gasteiger partial charge is 0.328 e. The van der Waals surface area contributed by atoms with Crippen molar-refractivity contribution in [3.05, 3.63) is 40.6 Å². The lowest BCUT2D eigenvalue weighted by Gasteiger charge is -2.05. The van der Waals surface area contributed by atoms with E-state index in [-0.39, 0.29) is 11.5 Å². The second kappa shape index (κ2) is 5.09. The molecular weight excluding hydrogens is 290 g/mol. The second-order valence-corrected chi connectivity index (χ2v) is 5.86. The van der Waals surface area contributed by atoms with E-state index in [1.165, 1.54) is 4.57 Å². The number of anilines is 1. The summed E-state index contributed by atoms with van der Waals surface area (Å²) in [5, 5.41) is 0.318. The zero-order chi connectivity index (χ0) is 15.0. The van der Waals surface area contributed by atoms with Crippen molar-refractivity contribution in [3.8, 4) is 0 Å². The van der Waals surface area contributed by atoms with Crippen molar-refractivity contribution in [2.75, 3.05) is 12.0 Å². The van der Waals surface area contributed by atoms with E-state index < -0.39 is 10.7 Å². The number of nitrogen functional groups attached to an aromatic ring is 1.